The first kappa shape index (κ1) is 17.6. The lowest BCUT2D eigenvalue weighted by Gasteiger charge is -2.31. The summed E-state index contributed by atoms with van der Waals surface area (Å²) in [7, 11) is 0. The van der Waals surface area contributed by atoms with Gasteiger partial charge in [-0.05, 0) is 26.0 Å². The Morgan fingerprint density at radius 2 is 2.04 bits per heavy atom. The van der Waals surface area contributed by atoms with Crippen molar-refractivity contribution in [1.29, 1.82) is 0 Å². The molecule has 0 aromatic carbocycles. The molecule has 0 saturated carbocycles. The van der Waals surface area contributed by atoms with Gasteiger partial charge in [0.05, 0.1) is 10.7 Å². The Kier molecular flexibility index (Phi) is 4.85. The highest BCUT2D eigenvalue weighted by Crippen LogP contribution is 2.23. The molecule has 8 nitrogen and oxygen atoms in total. The normalized spacial score (nSPS) is 15.1. The molecule has 0 atom stereocenters. The molecule has 1 saturated heterocycles. The van der Waals surface area contributed by atoms with E-state index >= 15 is 0 Å². The van der Waals surface area contributed by atoms with Gasteiger partial charge in [-0.25, -0.2) is 9.67 Å². The van der Waals surface area contributed by atoms with Crippen LogP contribution in [0.3, 0.4) is 0 Å². The number of nitrogens with zero attached hydrogens (tertiary/aromatic N) is 6. The molecule has 0 N–H and O–H groups in total. The lowest BCUT2D eigenvalue weighted by atomic mass is 10.1. The van der Waals surface area contributed by atoms with Crippen molar-refractivity contribution in [2.24, 2.45) is 0 Å². The number of carbonyl (C=O) groups excluding carboxylic acids is 1. The number of piperidine rings is 1. The molecule has 0 bridgehead atoms. The first-order valence-electron chi connectivity index (χ1n) is 8.84. The number of thiazole rings is 1. The Bertz CT molecular complexity index is 914. The van der Waals surface area contributed by atoms with Crippen LogP contribution in [0.2, 0.25) is 0 Å². The van der Waals surface area contributed by atoms with Crippen molar-refractivity contribution in [3.8, 4) is 11.7 Å². The second-order valence-corrected chi connectivity index (χ2v) is 7.64. The third kappa shape index (κ3) is 3.82. The topological polar surface area (TPSA) is 86.0 Å². The summed E-state index contributed by atoms with van der Waals surface area (Å²) in [5.74, 6) is 1.20. The molecule has 3 aromatic heterocycles. The predicted octanol–water partition coefficient (Wildman–Crippen LogP) is 2.42. The van der Waals surface area contributed by atoms with Crippen LogP contribution in [0.15, 0.2) is 30.6 Å². The average Bonchev–Trinajstić information content (AvgIpc) is 3.32. The van der Waals surface area contributed by atoms with Gasteiger partial charge >= 0.3 is 0 Å². The third-order valence-corrected chi connectivity index (χ3v) is 5.54. The number of carbonyl (C=O) groups is 1. The van der Waals surface area contributed by atoms with Crippen molar-refractivity contribution in [2.45, 2.75) is 32.8 Å². The van der Waals surface area contributed by atoms with Crippen LogP contribution in [-0.2, 0) is 0 Å². The summed E-state index contributed by atoms with van der Waals surface area (Å²) in [6.45, 7) is 5.14. The Hall–Kier alpha value is -2.81. The number of aromatic nitrogens is 5. The maximum Gasteiger partial charge on any atom is 0.265 e. The van der Waals surface area contributed by atoms with Crippen LogP contribution < -0.4 is 4.74 Å². The molecule has 27 heavy (non-hydrogen) atoms. The molecule has 1 aliphatic heterocycles. The third-order valence-electron chi connectivity index (χ3n) is 4.48. The first-order chi connectivity index (χ1) is 13.1. The highest BCUT2D eigenvalue weighted by molar-refractivity contribution is 7.13. The van der Waals surface area contributed by atoms with Gasteiger partial charge < -0.3 is 9.64 Å². The summed E-state index contributed by atoms with van der Waals surface area (Å²) in [4.78, 5) is 19.6. The van der Waals surface area contributed by atoms with Crippen LogP contribution in [0.4, 0.5) is 0 Å². The van der Waals surface area contributed by atoms with Crippen LogP contribution in [0.5, 0.6) is 5.88 Å². The zero-order valence-electron chi connectivity index (χ0n) is 15.2. The molecule has 0 radical (unpaired) electrons. The average molecular weight is 384 g/mol. The number of hydrogen-bond acceptors (Lipinski definition) is 7. The summed E-state index contributed by atoms with van der Waals surface area (Å²) < 4.78 is 7.58. The second-order valence-electron chi connectivity index (χ2n) is 6.44. The van der Waals surface area contributed by atoms with E-state index in [1.165, 1.54) is 11.3 Å². The van der Waals surface area contributed by atoms with Crippen molar-refractivity contribution in [2.75, 3.05) is 13.1 Å². The van der Waals surface area contributed by atoms with Crippen molar-refractivity contribution in [3.05, 3.63) is 46.2 Å². The zero-order valence-corrected chi connectivity index (χ0v) is 16.0. The van der Waals surface area contributed by atoms with E-state index in [1.54, 1.807) is 16.9 Å². The molecule has 0 aliphatic carbocycles. The highest BCUT2D eigenvalue weighted by Gasteiger charge is 2.27. The largest absolute Gasteiger partial charge is 0.473 e. The van der Waals surface area contributed by atoms with Gasteiger partial charge in [-0.15, -0.1) is 21.5 Å². The molecule has 9 heteroatoms. The molecule has 0 spiro atoms. The van der Waals surface area contributed by atoms with Crippen molar-refractivity contribution in [1.82, 2.24) is 29.9 Å². The van der Waals surface area contributed by atoms with Gasteiger partial charge in [0.25, 0.3) is 5.91 Å². The fourth-order valence-electron chi connectivity index (χ4n) is 3.12. The number of rotatable bonds is 4. The Labute approximate surface area is 160 Å². The number of hydrogen-bond donors (Lipinski definition) is 0. The molecular formula is C18H20N6O2S. The monoisotopic (exact) mass is 384 g/mol. The van der Waals surface area contributed by atoms with E-state index in [0.29, 0.717) is 24.8 Å². The summed E-state index contributed by atoms with van der Waals surface area (Å²) in [6.07, 6.45) is 5.07. The maximum absolute atomic E-state index is 12.7. The van der Waals surface area contributed by atoms with Crippen molar-refractivity contribution >= 4 is 17.2 Å². The fourth-order valence-corrected chi connectivity index (χ4v) is 4.01. The molecular weight excluding hydrogens is 364 g/mol. The molecule has 0 unspecified atom stereocenters. The standard InChI is InChI=1S/C18H20N6O2S/c1-12-17(27-13(2)20-12)18(25)23-10-6-14(7-11-23)26-16-5-4-15(21-22-16)24-9-3-8-19-24/h3-5,8-9,14H,6-7,10-11H2,1-2H3. The summed E-state index contributed by atoms with van der Waals surface area (Å²) in [5, 5.41) is 13.3. The maximum atomic E-state index is 12.7. The molecule has 140 valence electrons. The fraction of sp³-hybridized carbons (Fsp3) is 0.389. The Morgan fingerprint density at radius 1 is 1.22 bits per heavy atom. The first-order valence-corrected chi connectivity index (χ1v) is 9.65. The van der Waals surface area contributed by atoms with Crippen molar-refractivity contribution in [3.63, 3.8) is 0 Å². The molecule has 4 rings (SSSR count). The lowest BCUT2D eigenvalue weighted by Crippen LogP contribution is -2.41. The SMILES string of the molecule is Cc1nc(C)c(C(=O)N2CCC(Oc3ccc(-n4cccn4)nn3)CC2)s1. The minimum Gasteiger partial charge on any atom is -0.473 e. The van der Waals surface area contributed by atoms with Crippen LogP contribution in [0.25, 0.3) is 5.82 Å². The second kappa shape index (κ2) is 7.43. The molecule has 4 heterocycles. The van der Waals surface area contributed by atoms with Gasteiger partial charge in [0.2, 0.25) is 5.88 Å². The molecule has 1 aliphatic rings. The smallest absolute Gasteiger partial charge is 0.265 e. The highest BCUT2D eigenvalue weighted by atomic mass is 32.1. The quantitative estimate of drug-likeness (QED) is 0.687. The van der Waals surface area contributed by atoms with Crippen molar-refractivity contribution < 1.29 is 9.53 Å². The van der Waals surface area contributed by atoms with E-state index < -0.39 is 0 Å². The Balaban J connectivity index is 1.33. The van der Waals surface area contributed by atoms with Gasteiger partial charge in [-0.1, -0.05) is 0 Å². The van der Waals surface area contributed by atoms with Crippen LogP contribution >= 0.6 is 11.3 Å². The minimum absolute atomic E-state index is 0.0307. The molecule has 3 aromatic rings. The van der Waals surface area contributed by atoms with E-state index in [4.69, 9.17) is 4.74 Å². The van der Waals surface area contributed by atoms with Gasteiger partial charge in [0, 0.05) is 44.4 Å². The van der Waals surface area contributed by atoms with E-state index in [0.717, 1.165) is 28.4 Å². The van der Waals surface area contributed by atoms with E-state index in [1.807, 2.05) is 37.1 Å². The summed E-state index contributed by atoms with van der Waals surface area (Å²) >= 11 is 1.46. The van der Waals surface area contributed by atoms with Crippen LogP contribution in [0.1, 0.15) is 33.2 Å². The van der Waals surface area contributed by atoms with Gasteiger partial charge in [-0.3, -0.25) is 4.79 Å². The lowest BCUT2D eigenvalue weighted by molar-refractivity contribution is 0.0589. The molecule has 1 fully saturated rings. The number of aryl methyl sites for hydroxylation is 2. The Morgan fingerprint density at radius 3 is 2.63 bits per heavy atom. The van der Waals surface area contributed by atoms with E-state index in [9.17, 15) is 4.79 Å². The van der Waals surface area contributed by atoms with Crippen LogP contribution in [-0.4, -0.2) is 55.0 Å². The molecule has 1 amide bonds. The predicted molar refractivity (Wildman–Crippen MR) is 100 cm³/mol. The van der Waals surface area contributed by atoms with Gasteiger partial charge in [0.1, 0.15) is 11.0 Å². The summed E-state index contributed by atoms with van der Waals surface area (Å²) in [6, 6.07) is 5.45. The number of ether oxygens (including phenoxy) is 1. The van der Waals surface area contributed by atoms with E-state index in [2.05, 4.69) is 20.3 Å². The number of likely N-dealkylation sites (tertiary alicyclic amines) is 1. The number of amides is 1. The van der Waals surface area contributed by atoms with E-state index in [-0.39, 0.29) is 12.0 Å². The minimum atomic E-state index is 0.0307. The van der Waals surface area contributed by atoms with Gasteiger partial charge in [0.15, 0.2) is 5.82 Å². The summed E-state index contributed by atoms with van der Waals surface area (Å²) in [5.41, 5.74) is 0.813. The van der Waals surface area contributed by atoms with Crippen LogP contribution in [0, 0.1) is 13.8 Å². The zero-order chi connectivity index (χ0) is 18.8. The van der Waals surface area contributed by atoms with Gasteiger partial charge in [-0.2, -0.15) is 5.10 Å².